The number of carbonyl (C=O) groups is 2. The van der Waals surface area contributed by atoms with E-state index in [1.165, 1.54) is 10.5 Å². The predicted molar refractivity (Wildman–Crippen MR) is 113 cm³/mol. The lowest BCUT2D eigenvalue weighted by Crippen LogP contribution is -2.38. The molecule has 3 aromatic carbocycles. The molecule has 0 aliphatic rings. The number of carbonyl (C=O) groups excluding carboxylic acids is 2. The molecule has 0 fully saturated rings. The Bertz CT molecular complexity index is 902. The summed E-state index contributed by atoms with van der Waals surface area (Å²) >= 11 is 0. The molecular weight excluding hydrogens is 346 g/mol. The molecule has 0 spiro atoms. The zero-order chi connectivity index (χ0) is 19.8. The molecule has 2 amide bonds. The van der Waals surface area contributed by atoms with Crippen LogP contribution in [0.2, 0.25) is 0 Å². The average molecular weight is 371 g/mol. The summed E-state index contributed by atoms with van der Waals surface area (Å²) in [4.78, 5) is 27.3. The first kappa shape index (κ1) is 19.6. The molecule has 0 N–H and O–H groups in total. The lowest BCUT2D eigenvalue weighted by atomic mass is 10.1. The maximum absolute atomic E-state index is 13.0. The van der Waals surface area contributed by atoms with Crippen LogP contribution in [0.1, 0.15) is 29.5 Å². The second kappa shape index (κ2) is 9.65. The van der Waals surface area contributed by atoms with Crippen LogP contribution in [0.4, 0.5) is 5.69 Å². The first-order valence-corrected chi connectivity index (χ1v) is 9.64. The smallest absolute Gasteiger partial charge is 0.238 e. The van der Waals surface area contributed by atoms with E-state index in [2.05, 4.69) is 12.1 Å². The first-order valence-electron chi connectivity index (χ1n) is 9.64. The van der Waals surface area contributed by atoms with E-state index >= 15 is 0 Å². The molecule has 0 radical (unpaired) electrons. The Morgan fingerprint density at radius 3 is 1.89 bits per heavy atom. The summed E-state index contributed by atoms with van der Waals surface area (Å²) in [5, 5.41) is 0. The summed E-state index contributed by atoms with van der Waals surface area (Å²) in [6.07, 6.45) is 2.08. The van der Waals surface area contributed by atoms with Gasteiger partial charge in [0.25, 0.3) is 0 Å². The third-order valence-corrected chi connectivity index (χ3v) is 4.69. The second-order valence-corrected chi connectivity index (χ2v) is 6.96. The molecular formula is C25H25NO2. The summed E-state index contributed by atoms with van der Waals surface area (Å²) in [5.41, 5.74) is 3.83. The molecule has 0 bridgehead atoms. The third kappa shape index (κ3) is 5.40. The molecule has 0 saturated carbocycles. The Morgan fingerprint density at radius 1 is 0.714 bits per heavy atom. The topological polar surface area (TPSA) is 37.4 Å². The van der Waals surface area contributed by atoms with E-state index in [0.29, 0.717) is 18.5 Å². The summed E-state index contributed by atoms with van der Waals surface area (Å²) in [7, 11) is 0. The van der Waals surface area contributed by atoms with Gasteiger partial charge in [-0.25, -0.2) is 0 Å². The van der Waals surface area contributed by atoms with Crippen molar-refractivity contribution in [2.45, 2.75) is 32.6 Å². The first-order chi connectivity index (χ1) is 13.6. The molecule has 0 atom stereocenters. The van der Waals surface area contributed by atoms with Gasteiger partial charge in [-0.1, -0.05) is 78.4 Å². The minimum absolute atomic E-state index is 0.152. The van der Waals surface area contributed by atoms with E-state index in [-0.39, 0.29) is 18.2 Å². The van der Waals surface area contributed by atoms with Gasteiger partial charge in [0, 0.05) is 6.42 Å². The summed E-state index contributed by atoms with van der Waals surface area (Å²) in [6, 6.07) is 27.2. The molecule has 3 heteroatoms. The van der Waals surface area contributed by atoms with Crippen LogP contribution in [-0.4, -0.2) is 11.8 Å². The van der Waals surface area contributed by atoms with Gasteiger partial charge in [-0.2, -0.15) is 0 Å². The SMILES string of the molecule is Cc1ccc(N(C(=O)CCCc2ccccc2)C(=O)Cc2ccccc2)cc1. The van der Waals surface area contributed by atoms with Crippen LogP contribution in [0.5, 0.6) is 0 Å². The van der Waals surface area contributed by atoms with Gasteiger partial charge < -0.3 is 0 Å². The maximum atomic E-state index is 13.0. The Morgan fingerprint density at radius 2 is 1.29 bits per heavy atom. The molecule has 3 aromatic rings. The van der Waals surface area contributed by atoms with Gasteiger partial charge >= 0.3 is 0 Å². The number of amides is 2. The summed E-state index contributed by atoms with van der Waals surface area (Å²) < 4.78 is 0. The van der Waals surface area contributed by atoms with Gasteiger partial charge in [-0.15, -0.1) is 0 Å². The molecule has 0 unspecified atom stereocenters. The van der Waals surface area contributed by atoms with Crippen molar-refractivity contribution in [2.24, 2.45) is 0 Å². The number of rotatable bonds is 7. The molecule has 0 aromatic heterocycles. The highest BCUT2D eigenvalue weighted by Gasteiger charge is 2.23. The third-order valence-electron chi connectivity index (χ3n) is 4.69. The van der Waals surface area contributed by atoms with Crippen molar-refractivity contribution in [1.82, 2.24) is 0 Å². The highest BCUT2D eigenvalue weighted by Crippen LogP contribution is 2.19. The fourth-order valence-electron chi connectivity index (χ4n) is 3.17. The number of aryl methyl sites for hydroxylation is 2. The van der Waals surface area contributed by atoms with Crippen LogP contribution in [0, 0.1) is 6.92 Å². The molecule has 28 heavy (non-hydrogen) atoms. The Hall–Kier alpha value is -3.20. The van der Waals surface area contributed by atoms with E-state index in [1.807, 2.05) is 79.7 Å². The summed E-state index contributed by atoms with van der Waals surface area (Å²) in [6.45, 7) is 1.99. The van der Waals surface area contributed by atoms with Gasteiger partial charge in [-0.05, 0) is 43.0 Å². The molecule has 142 valence electrons. The largest absolute Gasteiger partial charge is 0.274 e. The van der Waals surface area contributed by atoms with Crippen molar-refractivity contribution in [3.8, 4) is 0 Å². The van der Waals surface area contributed by atoms with Crippen molar-refractivity contribution in [1.29, 1.82) is 0 Å². The van der Waals surface area contributed by atoms with Crippen LogP contribution in [-0.2, 0) is 22.4 Å². The van der Waals surface area contributed by atoms with Crippen molar-refractivity contribution >= 4 is 17.5 Å². The predicted octanol–water partition coefficient (Wildman–Crippen LogP) is 5.12. The molecule has 0 saturated heterocycles. The number of imide groups is 1. The Balaban J connectivity index is 1.72. The van der Waals surface area contributed by atoms with Gasteiger partial charge in [0.2, 0.25) is 11.8 Å². The number of benzene rings is 3. The lowest BCUT2D eigenvalue weighted by Gasteiger charge is -2.21. The van der Waals surface area contributed by atoms with Crippen LogP contribution < -0.4 is 4.90 Å². The minimum Gasteiger partial charge on any atom is -0.274 e. The van der Waals surface area contributed by atoms with Crippen molar-refractivity contribution in [3.05, 3.63) is 102 Å². The second-order valence-electron chi connectivity index (χ2n) is 6.96. The van der Waals surface area contributed by atoms with Crippen molar-refractivity contribution in [2.75, 3.05) is 4.90 Å². The van der Waals surface area contributed by atoms with Gasteiger partial charge in [0.15, 0.2) is 0 Å². The average Bonchev–Trinajstić information content (AvgIpc) is 2.71. The number of nitrogens with zero attached hydrogens (tertiary/aromatic N) is 1. The van der Waals surface area contributed by atoms with E-state index in [9.17, 15) is 9.59 Å². The van der Waals surface area contributed by atoms with Crippen LogP contribution in [0.15, 0.2) is 84.9 Å². The van der Waals surface area contributed by atoms with E-state index in [0.717, 1.165) is 17.5 Å². The molecule has 3 rings (SSSR count). The van der Waals surface area contributed by atoms with Crippen molar-refractivity contribution in [3.63, 3.8) is 0 Å². The lowest BCUT2D eigenvalue weighted by molar-refractivity contribution is -0.126. The van der Waals surface area contributed by atoms with Crippen LogP contribution in [0.25, 0.3) is 0 Å². The Labute approximate surface area is 166 Å². The van der Waals surface area contributed by atoms with Gasteiger partial charge in [-0.3, -0.25) is 14.5 Å². The zero-order valence-corrected chi connectivity index (χ0v) is 16.2. The number of hydrogen-bond donors (Lipinski definition) is 0. The van der Waals surface area contributed by atoms with Crippen molar-refractivity contribution < 1.29 is 9.59 Å². The highest BCUT2D eigenvalue weighted by atomic mass is 16.2. The molecule has 0 heterocycles. The van der Waals surface area contributed by atoms with E-state index < -0.39 is 0 Å². The highest BCUT2D eigenvalue weighted by molar-refractivity contribution is 6.15. The zero-order valence-electron chi connectivity index (χ0n) is 16.2. The molecule has 0 aliphatic carbocycles. The Kier molecular flexibility index (Phi) is 6.74. The number of anilines is 1. The fourth-order valence-corrected chi connectivity index (χ4v) is 3.17. The van der Waals surface area contributed by atoms with Gasteiger partial charge in [0.05, 0.1) is 12.1 Å². The minimum atomic E-state index is -0.195. The monoisotopic (exact) mass is 371 g/mol. The fraction of sp³-hybridized carbons (Fsp3) is 0.200. The quantitative estimate of drug-likeness (QED) is 0.578. The normalized spacial score (nSPS) is 10.5. The van der Waals surface area contributed by atoms with Gasteiger partial charge in [0.1, 0.15) is 0 Å². The summed E-state index contributed by atoms with van der Waals surface area (Å²) in [5.74, 6) is -0.347. The van der Waals surface area contributed by atoms with E-state index in [4.69, 9.17) is 0 Å². The van der Waals surface area contributed by atoms with E-state index in [1.54, 1.807) is 0 Å². The standard InChI is InChI=1S/C25H25NO2/c1-20-15-17-23(18-16-20)26(25(28)19-22-11-6-3-7-12-22)24(27)14-8-13-21-9-4-2-5-10-21/h2-7,9-12,15-18H,8,13-14,19H2,1H3. The molecule has 3 nitrogen and oxygen atoms in total. The van der Waals surface area contributed by atoms with Crippen LogP contribution in [0.3, 0.4) is 0 Å². The number of hydrogen-bond acceptors (Lipinski definition) is 2. The van der Waals surface area contributed by atoms with Crippen LogP contribution >= 0.6 is 0 Å². The maximum Gasteiger partial charge on any atom is 0.238 e. The molecule has 0 aliphatic heterocycles.